The zero-order chi connectivity index (χ0) is 16.9. The summed E-state index contributed by atoms with van der Waals surface area (Å²) in [4.78, 5) is 12.3. The van der Waals surface area contributed by atoms with Crippen molar-refractivity contribution >= 4 is 11.6 Å². The summed E-state index contributed by atoms with van der Waals surface area (Å²) in [5, 5.41) is 7.20. The first-order valence-corrected chi connectivity index (χ1v) is 7.74. The van der Waals surface area contributed by atoms with Gasteiger partial charge in [0, 0.05) is 5.69 Å². The maximum atomic E-state index is 12.3. The smallest absolute Gasteiger partial charge is 0.246 e. The minimum Gasteiger partial charge on any atom is -0.455 e. The molecule has 0 aliphatic rings. The summed E-state index contributed by atoms with van der Waals surface area (Å²) in [6.07, 6.45) is 0. The molecule has 1 aromatic heterocycles. The van der Waals surface area contributed by atoms with Crippen molar-refractivity contribution in [1.82, 2.24) is 9.78 Å². The topological polar surface area (TPSA) is 56.2 Å². The zero-order valence-electron chi connectivity index (χ0n) is 13.7. The number of anilines is 1. The van der Waals surface area contributed by atoms with Crippen LogP contribution in [0.3, 0.4) is 0 Å². The fourth-order valence-corrected chi connectivity index (χ4v) is 2.44. The maximum absolute atomic E-state index is 12.3. The summed E-state index contributed by atoms with van der Waals surface area (Å²) < 4.78 is 7.54. The van der Waals surface area contributed by atoms with Crippen LogP contribution in [0, 0.1) is 13.8 Å². The standard InChI is InChI=1S/C19H19N3O2/c1-14-12-15(2)22(21-14)13-19(23)20-17-10-6-7-11-18(17)24-16-8-4-3-5-9-16/h3-12H,13H2,1-2H3,(H,20,23). The van der Waals surface area contributed by atoms with Crippen molar-refractivity contribution in [2.24, 2.45) is 0 Å². The van der Waals surface area contributed by atoms with Crippen LogP contribution < -0.4 is 10.1 Å². The van der Waals surface area contributed by atoms with Crippen molar-refractivity contribution in [2.45, 2.75) is 20.4 Å². The molecule has 1 heterocycles. The third-order valence-electron chi connectivity index (χ3n) is 3.53. The second-order valence-corrected chi connectivity index (χ2v) is 5.54. The van der Waals surface area contributed by atoms with Gasteiger partial charge in [-0.15, -0.1) is 0 Å². The number of carbonyl (C=O) groups excluding carboxylic acids is 1. The summed E-state index contributed by atoms with van der Waals surface area (Å²) in [7, 11) is 0. The maximum Gasteiger partial charge on any atom is 0.246 e. The van der Waals surface area contributed by atoms with Gasteiger partial charge in [0.25, 0.3) is 0 Å². The number of rotatable bonds is 5. The van der Waals surface area contributed by atoms with Gasteiger partial charge in [-0.3, -0.25) is 9.48 Å². The molecule has 1 amide bonds. The van der Waals surface area contributed by atoms with Crippen molar-refractivity contribution in [3.05, 3.63) is 72.1 Å². The normalized spacial score (nSPS) is 10.4. The van der Waals surface area contributed by atoms with Crippen LogP contribution in [-0.4, -0.2) is 15.7 Å². The first kappa shape index (κ1) is 15.8. The highest BCUT2D eigenvalue weighted by molar-refractivity contribution is 5.92. The molecule has 122 valence electrons. The van der Waals surface area contributed by atoms with E-state index >= 15 is 0 Å². The lowest BCUT2D eigenvalue weighted by atomic mass is 10.3. The predicted octanol–water partition coefficient (Wildman–Crippen LogP) is 3.93. The molecule has 3 aromatic rings. The number of amides is 1. The largest absolute Gasteiger partial charge is 0.455 e. The van der Waals surface area contributed by atoms with Gasteiger partial charge in [-0.05, 0) is 44.2 Å². The van der Waals surface area contributed by atoms with Crippen LogP contribution in [0.25, 0.3) is 0 Å². The lowest BCUT2D eigenvalue weighted by Gasteiger charge is -2.12. The third kappa shape index (κ3) is 3.81. The number of aromatic nitrogens is 2. The first-order chi connectivity index (χ1) is 11.6. The monoisotopic (exact) mass is 321 g/mol. The molecule has 0 atom stereocenters. The molecule has 0 fully saturated rings. The van der Waals surface area contributed by atoms with E-state index in [-0.39, 0.29) is 12.5 Å². The van der Waals surface area contributed by atoms with Gasteiger partial charge in [0.15, 0.2) is 5.75 Å². The minimum atomic E-state index is -0.148. The van der Waals surface area contributed by atoms with Gasteiger partial charge < -0.3 is 10.1 Å². The van der Waals surface area contributed by atoms with E-state index < -0.39 is 0 Å². The quantitative estimate of drug-likeness (QED) is 0.774. The Balaban J connectivity index is 1.73. The van der Waals surface area contributed by atoms with Crippen LogP contribution in [0.1, 0.15) is 11.4 Å². The number of hydrogen-bond acceptors (Lipinski definition) is 3. The Labute approximate surface area is 140 Å². The van der Waals surface area contributed by atoms with Crippen LogP contribution in [0.4, 0.5) is 5.69 Å². The van der Waals surface area contributed by atoms with E-state index in [0.29, 0.717) is 11.4 Å². The van der Waals surface area contributed by atoms with Gasteiger partial charge in [-0.2, -0.15) is 5.10 Å². The molecule has 0 aliphatic heterocycles. The van der Waals surface area contributed by atoms with Crippen LogP contribution >= 0.6 is 0 Å². The molecular weight excluding hydrogens is 302 g/mol. The lowest BCUT2D eigenvalue weighted by Crippen LogP contribution is -2.20. The van der Waals surface area contributed by atoms with Gasteiger partial charge in [-0.25, -0.2) is 0 Å². The summed E-state index contributed by atoms with van der Waals surface area (Å²) in [5.41, 5.74) is 2.48. The molecule has 0 spiro atoms. The number of nitrogens with zero attached hydrogens (tertiary/aromatic N) is 2. The van der Waals surface area contributed by atoms with Gasteiger partial charge in [0.05, 0.1) is 11.4 Å². The number of nitrogens with one attached hydrogen (secondary N) is 1. The van der Waals surface area contributed by atoms with Crippen molar-refractivity contribution in [1.29, 1.82) is 0 Å². The molecule has 1 N–H and O–H groups in total. The van der Waals surface area contributed by atoms with E-state index in [2.05, 4.69) is 10.4 Å². The second kappa shape index (κ2) is 7.00. The highest BCUT2D eigenvalue weighted by atomic mass is 16.5. The van der Waals surface area contributed by atoms with E-state index in [1.54, 1.807) is 4.68 Å². The average Bonchev–Trinajstić information content (AvgIpc) is 2.87. The van der Waals surface area contributed by atoms with Crippen molar-refractivity contribution in [2.75, 3.05) is 5.32 Å². The first-order valence-electron chi connectivity index (χ1n) is 7.74. The van der Waals surface area contributed by atoms with Gasteiger partial charge >= 0.3 is 0 Å². The molecule has 0 saturated carbocycles. The molecule has 0 unspecified atom stereocenters. The van der Waals surface area contributed by atoms with E-state index in [4.69, 9.17) is 4.74 Å². The molecule has 0 aliphatic carbocycles. The molecule has 24 heavy (non-hydrogen) atoms. The molecule has 0 saturated heterocycles. The van der Waals surface area contributed by atoms with Crippen molar-refractivity contribution in [3.8, 4) is 11.5 Å². The molecule has 2 aromatic carbocycles. The number of hydrogen-bond donors (Lipinski definition) is 1. The highest BCUT2D eigenvalue weighted by Crippen LogP contribution is 2.29. The number of carbonyl (C=O) groups is 1. The third-order valence-corrected chi connectivity index (χ3v) is 3.53. The SMILES string of the molecule is Cc1cc(C)n(CC(=O)Nc2ccccc2Oc2ccccc2)n1. The molecule has 3 rings (SSSR count). The Morgan fingerprint density at radius 2 is 1.79 bits per heavy atom. The Hall–Kier alpha value is -3.08. The molecule has 5 nitrogen and oxygen atoms in total. The van der Waals surface area contributed by atoms with Crippen molar-refractivity contribution in [3.63, 3.8) is 0 Å². The number of para-hydroxylation sites is 3. The summed E-state index contributed by atoms with van der Waals surface area (Å²) in [5.74, 6) is 1.17. The van der Waals surface area contributed by atoms with E-state index in [9.17, 15) is 4.79 Å². The molecule has 0 bridgehead atoms. The van der Waals surface area contributed by atoms with E-state index in [1.807, 2.05) is 74.5 Å². The zero-order valence-corrected chi connectivity index (χ0v) is 13.7. The number of aryl methyl sites for hydroxylation is 2. The highest BCUT2D eigenvalue weighted by Gasteiger charge is 2.11. The fourth-order valence-electron chi connectivity index (χ4n) is 2.44. The predicted molar refractivity (Wildman–Crippen MR) is 93.3 cm³/mol. The Morgan fingerprint density at radius 3 is 2.50 bits per heavy atom. The Bertz CT molecular complexity index is 841. The van der Waals surface area contributed by atoms with Gasteiger partial charge in [-0.1, -0.05) is 30.3 Å². The molecule has 0 radical (unpaired) electrons. The average molecular weight is 321 g/mol. The lowest BCUT2D eigenvalue weighted by molar-refractivity contribution is -0.116. The summed E-state index contributed by atoms with van der Waals surface area (Å²) in [6.45, 7) is 4.00. The summed E-state index contributed by atoms with van der Waals surface area (Å²) in [6, 6.07) is 18.8. The number of benzene rings is 2. The molecule has 5 heteroatoms. The summed E-state index contributed by atoms with van der Waals surface area (Å²) >= 11 is 0. The van der Waals surface area contributed by atoms with E-state index in [0.717, 1.165) is 17.1 Å². The molecular formula is C19H19N3O2. The minimum absolute atomic E-state index is 0.148. The van der Waals surface area contributed by atoms with Crippen LogP contribution in [-0.2, 0) is 11.3 Å². The van der Waals surface area contributed by atoms with Crippen LogP contribution in [0.5, 0.6) is 11.5 Å². The van der Waals surface area contributed by atoms with Gasteiger partial charge in [0.1, 0.15) is 12.3 Å². The van der Waals surface area contributed by atoms with Crippen LogP contribution in [0.2, 0.25) is 0 Å². The van der Waals surface area contributed by atoms with Crippen molar-refractivity contribution < 1.29 is 9.53 Å². The van der Waals surface area contributed by atoms with Gasteiger partial charge in [0.2, 0.25) is 5.91 Å². The van der Waals surface area contributed by atoms with E-state index in [1.165, 1.54) is 0 Å². The second-order valence-electron chi connectivity index (χ2n) is 5.54. The fraction of sp³-hybridized carbons (Fsp3) is 0.158. The number of ether oxygens (including phenoxy) is 1. The van der Waals surface area contributed by atoms with Crippen LogP contribution in [0.15, 0.2) is 60.7 Å². The Kier molecular flexibility index (Phi) is 4.61. The Morgan fingerprint density at radius 1 is 1.08 bits per heavy atom.